The van der Waals surface area contributed by atoms with Crippen LogP contribution < -0.4 is 15.6 Å². The number of para-hydroxylation sites is 1. The molecule has 9 nitrogen and oxygen atoms in total. The van der Waals surface area contributed by atoms with Crippen LogP contribution in [0.2, 0.25) is 0 Å². The zero-order valence-corrected chi connectivity index (χ0v) is 18.4. The number of anilines is 1. The number of hydrogen-bond donors (Lipinski definition) is 1. The highest BCUT2D eigenvalue weighted by molar-refractivity contribution is 8.00. The van der Waals surface area contributed by atoms with Crippen LogP contribution in [0.4, 0.5) is 5.13 Å². The van der Waals surface area contributed by atoms with Crippen molar-refractivity contribution in [2.45, 2.75) is 23.4 Å². The number of carbonyl (C=O) groups excluding carboxylic acids is 1. The van der Waals surface area contributed by atoms with Gasteiger partial charge in [0.15, 0.2) is 4.34 Å². The second-order valence-corrected chi connectivity index (χ2v) is 9.19. The summed E-state index contributed by atoms with van der Waals surface area (Å²) in [7, 11) is 1.51. The van der Waals surface area contributed by atoms with Crippen LogP contribution >= 0.6 is 34.4 Å². The van der Waals surface area contributed by atoms with Crippen LogP contribution in [0.3, 0.4) is 0 Å². The highest BCUT2D eigenvalue weighted by Crippen LogP contribution is 2.29. The van der Waals surface area contributed by atoms with E-state index in [1.165, 1.54) is 52.1 Å². The number of hydrogen-bond acceptors (Lipinski definition) is 10. The number of methoxy groups -OCH3 is 1. The molecule has 1 aromatic carbocycles. The Morgan fingerprint density at radius 3 is 2.90 bits per heavy atom. The van der Waals surface area contributed by atoms with Crippen LogP contribution in [0.15, 0.2) is 39.5 Å². The highest BCUT2D eigenvalue weighted by atomic mass is 32.2. The minimum absolute atomic E-state index is 0.200. The average Bonchev–Trinajstić information content (AvgIpc) is 3.39. The zero-order valence-electron chi connectivity index (χ0n) is 16.0. The van der Waals surface area contributed by atoms with Crippen molar-refractivity contribution in [2.75, 3.05) is 12.4 Å². The Labute approximate surface area is 183 Å². The van der Waals surface area contributed by atoms with Crippen molar-refractivity contribution in [3.8, 4) is 5.75 Å². The molecule has 154 valence electrons. The molecule has 0 radical (unpaired) electrons. The highest BCUT2D eigenvalue weighted by Gasteiger charge is 2.15. The Morgan fingerprint density at radius 2 is 2.10 bits per heavy atom. The first kappa shape index (κ1) is 20.4. The lowest BCUT2D eigenvalue weighted by molar-refractivity contribution is 0.102. The minimum atomic E-state index is -0.322. The summed E-state index contributed by atoms with van der Waals surface area (Å²) in [5.41, 5.74) is 0.859. The van der Waals surface area contributed by atoms with Gasteiger partial charge in [-0.2, -0.15) is 9.61 Å². The molecule has 0 saturated carbocycles. The fraction of sp³-hybridized carbons (Fsp3) is 0.222. The minimum Gasteiger partial charge on any atom is -0.496 e. The maximum Gasteiger partial charge on any atom is 0.275 e. The predicted octanol–water partition coefficient (Wildman–Crippen LogP) is 3.12. The van der Waals surface area contributed by atoms with Gasteiger partial charge in [-0.25, -0.2) is 4.98 Å². The van der Waals surface area contributed by atoms with Crippen molar-refractivity contribution >= 4 is 50.4 Å². The van der Waals surface area contributed by atoms with E-state index in [9.17, 15) is 9.59 Å². The molecule has 0 spiro atoms. The number of nitrogens with zero attached hydrogens (tertiary/aromatic N) is 5. The van der Waals surface area contributed by atoms with Gasteiger partial charge >= 0.3 is 0 Å². The van der Waals surface area contributed by atoms with Gasteiger partial charge in [-0.15, -0.1) is 10.2 Å². The van der Waals surface area contributed by atoms with E-state index in [2.05, 4.69) is 25.6 Å². The van der Waals surface area contributed by atoms with Gasteiger partial charge in [-0.05, 0) is 18.6 Å². The molecule has 0 bridgehead atoms. The Hall–Kier alpha value is -2.83. The summed E-state index contributed by atoms with van der Waals surface area (Å²) in [6, 6.07) is 8.42. The number of thioether (sulfide) groups is 1. The molecule has 30 heavy (non-hydrogen) atoms. The van der Waals surface area contributed by atoms with Crippen molar-refractivity contribution in [1.82, 2.24) is 24.8 Å². The lowest BCUT2D eigenvalue weighted by atomic mass is 10.2. The second-order valence-electron chi connectivity index (χ2n) is 5.95. The Kier molecular flexibility index (Phi) is 6.06. The molecule has 1 N–H and O–H groups in total. The molecule has 12 heteroatoms. The van der Waals surface area contributed by atoms with E-state index >= 15 is 0 Å². The van der Waals surface area contributed by atoms with E-state index in [4.69, 9.17) is 4.74 Å². The summed E-state index contributed by atoms with van der Waals surface area (Å²) in [4.78, 5) is 29.8. The first-order chi connectivity index (χ1) is 14.6. The normalized spacial score (nSPS) is 11.0. The molecule has 3 heterocycles. The molecule has 4 aromatic rings. The maximum atomic E-state index is 12.5. The molecule has 0 aliphatic carbocycles. The smallest absolute Gasteiger partial charge is 0.275 e. The van der Waals surface area contributed by atoms with Gasteiger partial charge in [0.1, 0.15) is 10.8 Å². The van der Waals surface area contributed by atoms with E-state index < -0.39 is 0 Å². The molecular formula is C18H16N6O3S3. The van der Waals surface area contributed by atoms with Crippen LogP contribution in [0.25, 0.3) is 4.96 Å². The number of benzene rings is 1. The van der Waals surface area contributed by atoms with Crippen LogP contribution in [-0.4, -0.2) is 37.8 Å². The monoisotopic (exact) mass is 460 g/mol. The molecule has 0 aliphatic heterocycles. The fourth-order valence-electron chi connectivity index (χ4n) is 2.56. The molecule has 0 atom stereocenters. The van der Waals surface area contributed by atoms with E-state index in [-0.39, 0.29) is 11.5 Å². The predicted molar refractivity (Wildman–Crippen MR) is 117 cm³/mol. The van der Waals surface area contributed by atoms with Crippen molar-refractivity contribution < 1.29 is 9.53 Å². The molecular weight excluding hydrogens is 444 g/mol. The number of aromatic nitrogens is 5. The van der Waals surface area contributed by atoms with Crippen LogP contribution in [0.1, 0.15) is 28.0 Å². The number of nitrogens with one attached hydrogen (secondary N) is 1. The molecule has 0 saturated heterocycles. The van der Waals surface area contributed by atoms with E-state index in [1.807, 2.05) is 6.92 Å². The van der Waals surface area contributed by atoms with Crippen molar-refractivity contribution in [3.63, 3.8) is 0 Å². The number of fused-ring (bicyclic) bond motifs is 1. The van der Waals surface area contributed by atoms with E-state index in [0.717, 1.165) is 11.4 Å². The first-order valence-electron chi connectivity index (χ1n) is 8.86. The SMILES string of the molecule is CCc1nn2c(=O)cc(CSc3nnc(NC(=O)c4ccccc4OC)s3)nc2s1. The summed E-state index contributed by atoms with van der Waals surface area (Å²) in [5, 5.41) is 16.3. The Balaban J connectivity index is 1.43. The number of amides is 1. The van der Waals surface area contributed by atoms with Gasteiger partial charge in [-0.3, -0.25) is 14.9 Å². The summed E-state index contributed by atoms with van der Waals surface area (Å²) < 4.78 is 7.20. The molecule has 1 amide bonds. The standard InChI is InChI=1S/C18H16N6O3S3/c1-3-13-23-24-14(25)8-10(19-17(24)29-13)9-28-18-22-21-16(30-18)20-15(26)11-6-4-5-7-12(11)27-2/h4-8H,3,9H2,1-2H3,(H,20,21,26). The van der Waals surface area contributed by atoms with Crippen LogP contribution in [0.5, 0.6) is 5.75 Å². The summed E-state index contributed by atoms with van der Waals surface area (Å²) in [6.45, 7) is 1.99. The van der Waals surface area contributed by atoms with E-state index in [0.29, 0.717) is 37.2 Å². The maximum absolute atomic E-state index is 12.5. The third-order valence-electron chi connectivity index (χ3n) is 3.96. The van der Waals surface area contributed by atoms with Crippen molar-refractivity contribution in [1.29, 1.82) is 0 Å². The topological polar surface area (TPSA) is 111 Å². The van der Waals surface area contributed by atoms with Gasteiger partial charge in [-0.1, -0.05) is 53.5 Å². The molecule has 3 aromatic heterocycles. The number of aryl methyl sites for hydroxylation is 1. The van der Waals surface area contributed by atoms with Crippen molar-refractivity contribution in [2.24, 2.45) is 0 Å². The molecule has 0 fully saturated rings. The quantitative estimate of drug-likeness (QED) is 0.331. The van der Waals surface area contributed by atoms with Crippen LogP contribution in [0, 0.1) is 0 Å². The van der Waals surface area contributed by atoms with Gasteiger partial charge < -0.3 is 4.74 Å². The van der Waals surface area contributed by atoms with Gasteiger partial charge in [0.2, 0.25) is 10.1 Å². The third-order valence-corrected chi connectivity index (χ3v) is 7.02. The average molecular weight is 461 g/mol. The first-order valence-corrected chi connectivity index (χ1v) is 11.5. The van der Waals surface area contributed by atoms with Gasteiger partial charge in [0.05, 0.1) is 18.4 Å². The van der Waals surface area contributed by atoms with Gasteiger partial charge in [0.25, 0.3) is 11.5 Å². The number of rotatable bonds is 7. The molecule has 4 rings (SSSR count). The lowest BCUT2D eigenvalue weighted by Gasteiger charge is -2.06. The largest absolute Gasteiger partial charge is 0.496 e. The Bertz CT molecular complexity index is 1270. The zero-order chi connectivity index (χ0) is 21.1. The molecule has 0 unspecified atom stereocenters. The molecule has 0 aliphatic rings. The third kappa shape index (κ3) is 4.35. The van der Waals surface area contributed by atoms with Crippen LogP contribution in [-0.2, 0) is 12.2 Å². The number of carbonyl (C=O) groups is 1. The number of ether oxygens (including phenoxy) is 1. The van der Waals surface area contributed by atoms with Gasteiger partial charge in [0, 0.05) is 11.8 Å². The lowest BCUT2D eigenvalue weighted by Crippen LogP contribution is -2.15. The second kappa shape index (κ2) is 8.90. The summed E-state index contributed by atoms with van der Waals surface area (Å²) in [5.74, 6) is 0.619. The van der Waals surface area contributed by atoms with E-state index in [1.54, 1.807) is 24.3 Å². The Morgan fingerprint density at radius 1 is 1.27 bits per heavy atom. The van der Waals surface area contributed by atoms with Crippen molar-refractivity contribution in [3.05, 3.63) is 57.0 Å². The fourth-order valence-corrected chi connectivity index (χ4v) is 5.06. The summed E-state index contributed by atoms with van der Waals surface area (Å²) >= 11 is 4.06. The summed E-state index contributed by atoms with van der Waals surface area (Å²) in [6.07, 6.45) is 0.756.